The largest absolute Gasteiger partial charge is 0.416 e. The normalized spacial score (nSPS) is 13.2. The maximum atomic E-state index is 12.6. The smallest absolute Gasteiger partial charge is 0.309 e. The summed E-state index contributed by atoms with van der Waals surface area (Å²) in [6.07, 6.45) is -4.30. The minimum absolute atomic E-state index is 0.119. The van der Waals surface area contributed by atoms with E-state index in [4.69, 9.17) is 0 Å². The van der Waals surface area contributed by atoms with Crippen molar-refractivity contribution in [3.8, 4) is 0 Å². The van der Waals surface area contributed by atoms with Crippen molar-refractivity contribution in [2.75, 3.05) is 7.05 Å². The lowest BCUT2D eigenvalue weighted by Crippen LogP contribution is -2.18. The Balaban J connectivity index is 2.35. The molecule has 0 saturated carbocycles. The van der Waals surface area contributed by atoms with Crippen LogP contribution in [0.5, 0.6) is 0 Å². The van der Waals surface area contributed by atoms with Crippen molar-refractivity contribution < 1.29 is 13.2 Å². The van der Waals surface area contributed by atoms with Gasteiger partial charge in [-0.05, 0) is 55.3 Å². The van der Waals surface area contributed by atoms with Gasteiger partial charge in [0, 0.05) is 0 Å². The van der Waals surface area contributed by atoms with Crippen LogP contribution in [0.15, 0.2) is 42.5 Å². The first-order chi connectivity index (χ1) is 9.82. The van der Waals surface area contributed by atoms with Crippen LogP contribution < -0.4 is 5.32 Å². The molecule has 0 heterocycles. The zero-order chi connectivity index (χ0) is 15.6. The molecule has 0 amide bonds. The van der Waals surface area contributed by atoms with Gasteiger partial charge in [-0.25, -0.2) is 0 Å². The van der Waals surface area contributed by atoms with E-state index in [1.807, 2.05) is 26.0 Å². The molecule has 21 heavy (non-hydrogen) atoms. The van der Waals surface area contributed by atoms with Crippen LogP contribution in [0, 0.1) is 13.8 Å². The molecule has 0 aliphatic carbocycles. The van der Waals surface area contributed by atoms with E-state index in [0.717, 1.165) is 23.3 Å². The zero-order valence-corrected chi connectivity index (χ0v) is 12.3. The Morgan fingerprint density at radius 1 is 0.857 bits per heavy atom. The van der Waals surface area contributed by atoms with Gasteiger partial charge in [0.2, 0.25) is 0 Å². The summed E-state index contributed by atoms with van der Waals surface area (Å²) in [6.45, 7) is 4.06. The predicted molar refractivity (Wildman–Crippen MR) is 78.3 cm³/mol. The topological polar surface area (TPSA) is 12.0 Å². The van der Waals surface area contributed by atoms with Gasteiger partial charge in [0.15, 0.2) is 0 Å². The molecule has 112 valence electrons. The van der Waals surface area contributed by atoms with Crippen molar-refractivity contribution in [3.63, 3.8) is 0 Å². The third kappa shape index (κ3) is 3.45. The van der Waals surface area contributed by atoms with E-state index < -0.39 is 11.7 Å². The van der Waals surface area contributed by atoms with Gasteiger partial charge in [0.25, 0.3) is 0 Å². The minimum atomic E-state index is -4.30. The van der Waals surface area contributed by atoms with E-state index >= 15 is 0 Å². The summed E-state index contributed by atoms with van der Waals surface area (Å²) in [5, 5.41) is 3.16. The molecule has 0 spiro atoms. The second-order valence-electron chi connectivity index (χ2n) is 5.19. The lowest BCUT2D eigenvalue weighted by molar-refractivity contribution is -0.137. The van der Waals surface area contributed by atoms with Gasteiger partial charge >= 0.3 is 6.18 Å². The molecule has 1 unspecified atom stereocenters. The Kier molecular flexibility index (Phi) is 4.37. The number of hydrogen-bond donors (Lipinski definition) is 1. The molecule has 2 aromatic rings. The first kappa shape index (κ1) is 15.6. The van der Waals surface area contributed by atoms with Gasteiger partial charge in [-0.15, -0.1) is 0 Å². The van der Waals surface area contributed by atoms with Gasteiger partial charge in [-0.2, -0.15) is 13.2 Å². The molecule has 1 atom stereocenters. The van der Waals surface area contributed by atoms with Gasteiger partial charge in [-0.1, -0.05) is 30.3 Å². The molecule has 0 aromatic heterocycles. The van der Waals surface area contributed by atoms with Crippen LogP contribution in [-0.2, 0) is 6.18 Å². The van der Waals surface area contributed by atoms with Crippen LogP contribution in [0.25, 0.3) is 0 Å². The van der Waals surface area contributed by atoms with Crippen LogP contribution in [-0.4, -0.2) is 7.05 Å². The lowest BCUT2D eigenvalue weighted by Gasteiger charge is -2.19. The second-order valence-corrected chi connectivity index (χ2v) is 5.19. The third-order valence-electron chi connectivity index (χ3n) is 3.72. The first-order valence-electron chi connectivity index (χ1n) is 6.74. The fraction of sp³-hybridized carbons (Fsp3) is 0.294. The maximum absolute atomic E-state index is 12.6. The van der Waals surface area contributed by atoms with Crippen molar-refractivity contribution in [1.29, 1.82) is 0 Å². The van der Waals surface area contributed by atoms with Gasteiger partial charge < -0.3 is 5.32 Å². The number of rotatable bonds is 3. The molecule has 0 radical (unpaired) electrons. The highest BCUT2D eigenvalue weighted by Crippen LogP contribution is 2.31. The molecule has 2 aromatic carbocycles. The van der Waals surface area contributed by atoms with Crippen LogP contribution in [0.4, 0.5) is 13.2 Å². The van der Waals surface area contributed by atoms with E-state index in [9.17, 15) is 13.2 Å². The summed E-state index contributed by atoms with van der Waals surface area (Å²) in [5.74, 6) is 0. The number of alkyl halides is 3. The summed E-state index contributed by atoms with van der Waals surface area (Å²) in [5.41, 5.74) is 3.59. The summed E-state index contributed by atoms with van der Waals surface area (Å²) in [7, 11) is 1.80. The highest BCUT2D eigenvalue weighted by atomic mass is 19.4. The molecule has 1 nitrogen and oxygen atoms in total. The molecule has 1 N–H and O–H groups in total. The van der Waals surface area contributed by atoms with Gasteiger partial charge in [0.05, 0.1) is 11.6 Å². The number of benzene rings is 2. The first-order valence-corrected chi connectivity index (χ1v) is 6.74. The molecule has 2 rings (SSSR count). The average Bonchev–Trinajstić information content (AvgIpc) is 2.43. The molecule has 0 fully saturated rings. The quantitative estimate of drug-likeness (QED) is 0.870. The highest BCUT2D eigenvalue weighted by molar-refractivity contribution is 5.38. The zero-order valence-electron chi connectivity index (χ0n) is 12.3. The van der Waals surface area contributed by atoms with E-state index in [0.29, 0.717) is 0 Å². The van der Waals surface area contributed by atoms with Crippen molar-refractivity contribution in [2.45, 2.75) is 26.1 Å². The Bertz CT molecular complexity index is 615. The predicted octanol–water partition coefficient (Wildman–Crippen LogP) is 4.63. The van der Waals surface area contributed by atoms with E-state index in [1.165, 1.54) is 23.3 Å². The molecular formula is C17H18F3N. The van der Waals surface area contributed by atoms with Crippen molar-refractivity contribution >= 4 is 0 Å². The number of nitrogens with one attached hydrogen (secondary N) is 1. The molecule has 0 bridgehead atoms. The van der Waals surface area contributed by atoms with Crippen LogP contribution >= 0.6 is 0 Å². The third-order valence-corrected chi connectivity index (χ3v) is 3.72. The molecule has 0 aliphatic heterocycles. The van der Waals surface area contributed by atoms with Crippen molar-refractivity contribution in [1.82, 2.24) is 5.32 Å². The SMILES string of the molecule is CNC(c1ccc(C(F)(F)F)cc1)c1ccc(C)c(C)c1. The number of halogens is 3. The number of aryl methyl sites for hydroxylation is 2. The van der Waals surface area contributed by atoms with Crippen LogP contribution in [0.2, 0.25) is 0 Å². The van der Waals surface area contributed by atoms with E-state index in [-0.39, 0.29) is 6.04 Å². The minimum Gasteiger partial charge on any atom is -0.309 e. The Morgan fingerprint density at radius 2 is 1.43 bits per heavy atom. The van der Waals surface area contributed by atoms with Crippen molar-refractivity contribution in [3.05, 3.63) is 70.3 Å². The monoisotopic (exact) mass is 293 g/mol. The summed E-state index contributed by atoms with van der Waals surface area (Å²) in [4.78, 5) is 0. The summed E-state index contributed by atoms with van der Waals surface area (Å²) >= 11 is 0. The Hall–Kier alpha value is -1.81. The van der Waals surface area contributed by atoms with E-state index in [2.05, 4.69) is 11.4 Å². The van der Waals surface area contributed by atoms with Gasteiger partial charge in [-0.3, -0.25) is 0 Å². The van der Waals surface area contributed by atoms with Crippen LogP contribution in [0.1, 0.15) is 33.9 Å². The number of hydrogen-bond acceptors (Lipinski definition) is 1. The second kappa shape index (κ2) is 5.90. The molecule has 4 heteroatoms. The maximum Gasteiger partial charge on any atom is 0.416 e. The standard InChI is InChI=1S/C17H18F3N/c1-11-4-5-14(10-12(11)2)16(21-3)13-6-8-15(9-7-13)17(18,19)20/h4-10,16,21H,1-3H3. The molecule has 0 aliphatic rings. The fourth-order valence-corrected chi connectivity index (χ4v) is 2.33. The van der Waals surface area contributed by atoms with Crippen molar-refractivity contribution in [2.24, 2.45) is 0 Å². The van der Waals surface area contributed by atoms with Crippen LogP contribution in [0.3, 0.4) is 0 Å². The highest BCUT2D eigenvalue weighted by Gasteiger charge is 2.30. The summed E-state index contributed by atoms with van der Waals surface area (Å²) < 4.78 is 37.8. The molecular weight excluding hydrogens is 275 g/mol. The Labute approximate surface area is 122 Å². The fourth-order valence-electron chi connectivity index (χ4n) is 2.33. The van der Waals surface area contributed by atoms with E-state index in [1.54, 1.807) is 7.05 Å². The lowest BCUT2D eigenvalue weighted by atomic mass is 9.95. The average molecular weight is 293 g/mol. The Morgan fingerprint density at radius 3 is 1.90 bits per heavy atom. The van der Waals surface area contributed by atoms with Gasteiger partial charge in [0.1, 0.15) is 0 Å². The molecule has 0 saturated heterocycles. The summed E-state index contributed by atoms with van der Waals surface area (Å²) in [6, 6.07) is 11.3.